The zero-order chi connectivity index (χ0) is 14.3. The summed E-state index contributed by atoms with van der Waals surface area (Å²) in [6.07, 6.45) is 0.616. The smallest absolute Gasteiger partial charge is 0.305 e. The molecule has 0 radical (unpaired) electrons. The summed E-state index contributed by atoms with van der Waals surface area (Å²) in [6, 6.07) is 6.34. The van der Waals surface area contributed by atoms with E-state index in [1.807, 2.05) is 0 Å². The minimum absolute atomic E-state index is 0.201. The lowest BCUT2D eigenvalue weighted by Gasteiger charge is -2.06. The maximum atomic E-state index is 11.9. The predicted octanol–water partition coefficient (Wildman–Crippen LogP) is 2.07. The minimum Gasteiger partial charge on any atom is -0.466 e. The first kappa shape index (κ1) is 16.1. The fraction of sp³-hybridized carbons (Fsp3) is 0.417. The van der Waals surface area contributed by atoms with Crippen LogP contribution < -0.4 is 4.72 Å². The first-order chi connectivity index (χ1) is 8.95. The standard InChI is InChI=1S/C12H16BrNO4S/c1-2-18-12(15)4-3-9-14-19(16,17)11-7-5-10(13)6-8-11/h5-8,14H,2-4,9H2,1H3. The lowest BCUT2D eigenvalue weighted by molar-refractivity contribution is -0.143. The average Bonchev–Trinajstić information content (AvgIpc) is 2.36. The molecule has 5 nitrogen and oxygen atoms in total. The van der Waals surface area contributed by atoms with E-state index in [9.17, 15) is 13.2 Å². The SMILES string of the molecule is CCOC(=O)CCCNS(=O)(=O)c1ccc(Br)cc1. The van der Waals surface area contributed by atoms with Crippen molar-refractivity contribution >= 4 is 31.9 Å². The van der Waals surface area contributed by atoms with Crippen molar-refractivity contribution in [2.75, 3.05) is 13.2 Å². The van der Waals surface area contributed by atoms with E-state index in [1.54, 1.807) is 19.1 Å². The van der Waals surface area contributed by atoms with Crippen LogP contribution >= 0.6 is 15.9 Å². The normalized spacial score (nSPS) is 11.3. The van der Waals surface area contributed by atoms with E-state index >= 15 is 0 Å². The van der Waals surface area contributed by atoms with Crippen molar-refractivity contribution < 1.29 is 17.9 Å². The highest BCUT2D eigenvalue weighted by molar-refractivity contribution is 9.10. The largest absolute Gasteiger partial charge is 0.466 e. The van der Waals surface area contributed by atoms with Crippen LogP contribution in [0.15, 0.2) is 33.6 Å². The summed E-state index contributed by atoms with van der Waals surface area (Å²) in [5.41, 5.74) is 0. The van der Waals surface area contributed by atoms with E-state index in [0.717, 1.165) is 4.47 Å². The second-order valence-electron chi connectivity index (χ2n) is 3.76. The second-order valence-corrected chi connectivity index (χ2v) is 6.44. The van der Waals surface area contributed by atoms with Crippen LogP contribution in [0, 0.1) is 0 Å². The zero-order valence-electron chi connectivity index (χ0n) is 10.6. The number of rotatable bonds is 7. The third-order valence-corrected chi connectivity index (χ3v) is 4.28. The second kappa shape index (κ2) is 7.62. The number of carbonyl (C=O) groups is 1. The Balaban J connectivity index is 2.43. The molecule has 1 rings (SSSR count). The molecule has 1 aromatic rings. The molecule has 0 heterocycles. The van der Waals surface area contributed by atoms with Gasteiger partial charge in [-0.3, -0.25) is 4.79 Å². The van der Waals surface area contributed by atoms with Gasteiger partial charge >= 0.3 is 5.97 Å². The highest BCUT2D eigenvalue weighted by Gasteiger charge is 2.13. The molecule has 0 unspecified atom stereocenters. The van der Waals surface area contributed by atoms with Crippen LogP contribution in [0.4, 0.5) is 0 Å². The third kappa shape index (κ3) is 5.71. The Morgan fingerprint density at radius 2 is 1.95 bits per heavy atom. The number of sulfonamides is 1. The molecular formula is C12H16BrNO4S. The zero-order valence-corrected chi connectivity index (χ0v) is 13.0. The van der Waals surface area contributed by atoms with Gasteiger partial charge in [0.05, 0.1) is 11.5 Å². The maximum Gasteiger partial charge on any atom is 0.305 e. The third-order valence-electron chi connectivity index (χ3n) is 2.28. The Hall–Kier alpha value is -0.920. The lowest BCUT2D eigenvalue weighted by Crippen LogP contribution is -2.25. The van der Waals surface area contributed by atoms with E-state index in [-0.39, 0.29) is 23.8 Å². The molecule has 19 heavy (non-hydrogen) atoms. The summed E-state index contributed by atoms with van der Waals surface area (Å²) in [4.78, 5) is 11.3. The van der Waals surface area contributed by atoms with E-state index in [1.165, 1.54) is 12.1 Å². The summed E-state index contributed by atoms with van der Waals surface area (Å²) in [6.45, 7) is 2.27. The van der Waals surface area contributed by atoms with Crippen LogP contribution in [-0.4, -0.2) is 27.5 Å². The van der Waals surface area contributed by atoms with Crippen molar-refractivity contribution in [3.63, 3.8) is 0 Å². The van der Waals surface area contributed by atoms with Crippen molar-refractivity contribution in [1.82, 2.24) is 4.72 Å². The van der Waals surface area contributed by atoms with Crippen molar-refractivity contribution in [2.24, 2.45) is 0 Å². The molecule has 0 atom stereocenters. The summed E-state index contributed by atoms with van der Waals surface area (Å²) in [5, 5.41) is 0. The summed E-state index contributed by atoms with van der Waals surface area (Å²) in [5.74, 6) is -0.315. The molecule has 0 amide bonds. The molecule has 1 aromatic carbocycles. The Labute approximate surface area is 121 Å². The highest BCUT2D eigenvalue weighted by atomic mass is 79.9. The Kier molecular flexibility index (Phi) is 6.47. The van der Waals surface area contributed by atoms with Crippen LogP contribution in [0.5, 0.6) is 0 Å². The number of esters is 1. The Morgan fingerprint density at radius 3 is 2.53 bits per heavy atom. The average molecular weight is 350 g/mol. The van der Waals surface area contributed by atoms with Gasteiger partial charge in [-0.1, -0.05) is 15.9 Å². The van der Waals surface area contributed by atoms with E-state index in [0.29, 0.717) is 13.0 Å². The number of ether oxygens (including phenoxy) is 1. The van der Waals surface area contributed by atoms with Crippen molar-refractivity contribution in [3.8, 4) is 0 Å². The highest BCUT2D eigenvalue weighted by Crippen LogP contribution is 2.14. The Bertz CT molecular complexity index is 513. The van der Waals surface area contributed by atoms with Crippen LogP contribution in [0.3, 0.4) is 0 Å². The number of carbonyl (C=O) groups excluding carboxylic acids is 1. The van der Waals surface area contributed by atoms with E-state index in [4.69, 9.17) is 4.74 Å². The van der Waals surface area contributed by atoms with Crippen LogP contribution in [0.2, 0.25) is 0 Å². The first-order valence-corrected chi connectivity index (χ1v) is 8.14. The van der Waals surface area contributed by atoms with Gasteiger partial charge in [0, 0.05) is 17.4 Å². The van der Waals surface area contributed by atoms with Crippen LogP contribution in [-0.2, 0) is 19.6 Å². The van der Waals surface area contributed by atoms with Gasteiger partial charge in [-0.05, 0) is 37.6 Å². The van der Waals surface area contributed by atoms with E-state index in [2.05, 4.69) is 20.7 Å². The van der Waals surface area contributed by atoms with Gasteiger partial charge < -0.3 is 4.74 Å². The first-order valence-electron chi connectivity index (χ1n) is 5.86. The van der Waals surface area contributed by atoms with Crippen molar-refractivity contribution in [1.29, 1.82) is 0 Å². The van der Waals surface area contributed by atoms with Crippen molar-refractivity contribution in [3.05, 3.63) is 28.7 Å². The minimum atomic E-state index is -3.51. The fourth-order valence-corrected chi connectivity index (χ4v) is 2.71. The molecular weight excluding hydrogens is 334 g/mol. The molecule has 0 spiro atoms. The molecule has 1 N–H and O–H groups in total. The number of benzene rings is 1. The molecule has 0 aromatic heterocycles. The molecule has 0 aliphatic heterocycles. The van der Waals surface area contributed by atoms with Gasteiger partial charge in [-0.15, -0.1) is 0 Å². The van der Waals surface area contributed by atoms with Gasteiger partial charge in [0.15, 0.2) is 0 Å². The number of halogens is 1. The summed E-state index contributed by atoms with van der Waals surface area (Å²) >= 11 is 3.24. The van der Waals surface area contributed by atoms with Crippen LogP contribution in [0.25, 0.3) is 0 Å². The summed E-state index contributed by atoms with van der Waals surface area (Å²) in [7, 11) is -3.51. The number of hydrogen-bond acceptors (Lipinski definition) is 4. The molecule has 7 heteroatoms. The Morgan fingerprint density at radius 1 is 1.32 bits per heavy atom. The number of nitrogens with one attached hydrogen (secondary N) is 1. The topological polar surface area (TPSA) is 72.5 Å². The molecule has 0 fully saturated rings. The van der Waals surface area contributed by atoms with Gasteiger partial charge in [0.25, 0.3) is 0 Å². The molecule has 0 aliphatic carbocycles. The quantitative estimate of drug-likeness (QED) is 0.604. The molecule has 0 saturated heterocycles. The summed E-state index contributed by atoms with van der Waals surface area (Å²) < 4.78 is 31.7. The lowest BCUT2D eigenvalue weighted by atomic mass is 10.3. The molecule has 0 saturated carbocycles. The van der Waals surface area contributed by atoms with Gasteiger partial charge in [0.1, 0.15) is 0 Å². The monoisotopic (exact) mass is 349 g/mol. The van der Waals surface area contributed by atoms with Gasteiger partial charge in [0.2, 0.25) is 10.0 Å². The van der Waals surface area contributed by atoms with Gasteiger partial charge in [-0.2, -0.15) is 0 Å². The molecule has 0 bridgehead atoms. The fourth-order valence-electron chi connectivity index (χ4n) is 1.37. The predicted molar refractivity (Wildman–Crippen MR) is 75.2 cm³/mol. The number of hydrogen-bond donors (Lipinski definition) is 1. The maximum absolute atomic E-state index is 11.9. The van der Waals surface area contributed by atoms with Crippen molar-refractivity contribution in [2.45, 2.75) is 24.7 Å². The van der Waals surface area contributed by atoms with Crippen LogP contribution in [0.1, 0.15) is 19.8 Å². The van der Waals surface area contributed by atoms with E-state index < -0.39 is 10.0 Å². The van der Waals surface area contributed by atoms with Gasteiger partial charge in [-0.25, -0.2) is 13.1 Å². The molecule has 0 aliphatic rings. The molecule has 106 valence electrons.